The monoisotopic (exact) mass is 508 g/mol. The van der Waals surface area contributed by atoms with E-state index in [9.17, 15) is 4.79 Å². The van der Waals surface area contributed by atoms with Crippen molar-refractivity contribution in [1.29, 1.82) is 0 Å². The number of anilines is 1. The van der Waals surface area contributed by atoms with Crippen molar-refractivity contribution in [3.8, 4) is 0 Å². The van der Waals surface area contributed by atoms with Gasteiger partial charge in [-0.15, -0.1) is 6.58 Å². The number of methoxy groups -OCH3 is 1. The van der Waals surface area contributed by atoms with Crippen LogP contribution in [0.25, 0.3) is 5.65 Å². The Bertz CT molecular complexity index is 990. The summed E-state index contributed by atoms with van der Waals surface area (Å²) in [5, 5.41) is 4.62. The number of carbonyl (C=O) groups excluding carboxylic acids is 1. The van der Waals surface area contributed by atoms with Crippen molar-refractivity contribution < 1.29 is 19.0 Å². The highest BCUT2D eigenvalue weighted by Gasteiger charge is 2.38. The lowest BCUT2D eigenvalue weighted by molar-refractivity contribution is -0.164. The summed E-state index contributed by atoms with van der Waals surface area (Å²) in [6.45, 7) is 15.5. The zero-order valence-electron chi connectivity index (χ0n) is 19.8. The van der Waals surface area contributed by atoms with E-state index in [1.807, 2.05) is 33.8 Å². The second kappa shape index (κ2) is 9.49. The SMILES string of the molecule is C=CCOC1(C)CCN(c2c(C(OC(C)(C)C)C(=O)OC)c(C)nc3cc(Br)nn23)CC1. The van der Waals surface area contributed by atoms with Crippen LogP contribution in [-0.2, 0) is 19.0 Å². The maximum absolute atomic E-state index is 12.9. The molecule has 0 amide bonds. The molecular weight excluding hydrogens is 476 g/mol. The number of piperidine rings is 1. The third-order valence-electron chi connectivity index (χ3n) is 5.59. The van der Waals surface area contributed by atoms with E-state index in [0.29, 0.717) is 28.1 Å². The maximum Gasteiger partial charge on any atom is 0.339 e. The Hall–Kier alpha value is -1.97. The van der Waals surface area contributed by atoms with Crippen molar-refractivity contribution in [1.82, 2.24) is 14.6 Å². The highest BCUT2D eigenvalue weighted by Crippen LogP contribution is 2.38. The van der Waals surface area contributed by atoms with E-state index < -0.39 is 17.7 Å². The average molecular weight is 509 g/mol. The second-order valence-corrected chi connectivity index (χ2v) is 10.2. The van der Waals surface area contributed by atoms with Crippen molar-refractivity contribution in [2.45, 2.75) is 64.8 Å². The lowest BCUT2D eigenvalue weighted by Gasteiger charge is -2.41. The quantitative estimate of drug-likeness (QED) is 0.405. The number of nitrogens with zero attached hydrogens (tertiary/aromatic N) is 4. The van der Waals surface area contributed by atoms with Crippen LogP contribution in [0.5, 0.6) is 0 Å². The Morgan fingerprint density at radius 3 is 2.59 bits per heavy atom. The van der Waals surface area contributed by atoms with E-state index in [2.05, 4.69) is 39.4 Å². The molecule has 176 valence electrons. The van der Waals surface area contributed by atoms with Crippen LogP contribution in [0.4, 0.5) is 5.82 Å². The van der Waals surface area contributed by atoms with Crippen LogP contribution in [0.1, 0.15) is 57.9 Å². The Balaban J connectivity index is 2.11. The molecule has 1 saturated heterocycles. The molecule has 0 aliphatic carbocycles. The van der Waals surface area contributed by atoms with Gasteiger partial charge in [0.05, 0.1) is 30.5 Å². The molecule has 1 fully saturated rings. The number of halogens is 1. The summed E-state index contributed by atoms with van der Waals surface area (Å²) in [5.41, 5.74) is 1.28. The first-order chi connectivity index (χ1) is 15.0. The fourth-order valence-corrected chi connectivity index (χ4v) is 4.34. The van der Waals surface area contributed by atoms with Gasteiger partial charge >= 0.3 is 5.97 Å². The summed E-state index contributed by atoms with van der Waals surface area (Å²) in [4.78, 5) is 19.8. The molecule has 0 bridgehead atoms. The van der Waals surface area contributed by atoms with Gasteiger partial charge in [-0.25, -0.2) is 9.78 Å². The van der Waals surface area contributed by atoms with E-state index in [4.69, 9.17) is 19.2 Å². The summed E-state index contributed by atoms with van der Waals surface area (Å²) in [5.74, 6) is 0.330. The van der Waals surface area contributed by atoms with Crippen molar-refractivity contribution in [3.63, 3.8) is 0 Å². The standard InChI is InChI=1S/C23H33BrN4O4/c1-8-13-31-23(6)9-11-27(12-10-23)20-18(19(21(29)30-7)32-22(3,4)5)15(2)25-17-14-16(24)26-28(17)20/h8,14,19H,1,9-13H2,2-7H3. The Morgan fingerprint density at radius 2 is 2.03 bits per heavy atom. The number of carbonyl (C=O) groups is 1. The van der Waals surface area contributed by atoms with Crippen molar-refractivity contribution >= 4 is 33.4 Å². The van der Waals surface area contributed by atoms with Gasteiger partial charge in [0.1, 0.15) is 10.4 Å². The molecule has 1 atom stereocenters. The molecule has 9 heteroatoms. The molecule has 0 N–H and O–H groups in total. The van der Waals surface area contributed by atoms with Gasteiger partial charge in [0.2, 0.25) is 0 Å². The number of hydrogen-bond acceptors (Lipinski definition) is 7. The van der Waals surface area contributed by atoms with Crippen molar-refractivity contribution in [2.24, 2.45) is 0 Å². The normalized spacial score (nSPS) is 17.4. The number of esters is 1. The first-order valence-corrected chi connectivity index (χ1v) is 11.6. The Labute approximate surface area is 198 Å². The molecule has 32 heavy (non-hydrogen) atoms. The Morgan fingerprint density at radius 1 is 1.38 bits per heavy atom. The van der Waals surface area contributed by atoms with Gasteiger partial charge in [0.15, 0.2) is 11.8 Å². The molecule has 3 heterocycles. The molecule has 0 radical (unpaired) electrons. The van der Waals surface area contributed by atoms with Crippen LogP contribution in [0, 0.1) is 6.92 Å². The van der Waals surface area contributed by atoms with Gasteiger partial charge in [-0.3, -0.25) is 0 Å². The first kappa shape index (κ1) is 24.7. The average Bonchev–Trinajstić information content (AvgIpc) is 3.09. The minimum absolute atomic E-state index is 0.222. The lowest BCUT2D eigenvalue weighted by atomic mass is 9.92. The third-order valence-corrected chi connectivity index (χ3v) is 5.98. The minimum Gasteiger partial charge on any atom is -0.467 e. The van der Waals surface area contributed by atoms with E-state index in [-0.39, 0.29) is 5.60 Å². The predicted molar refractivity (Wildman–Crippen MR) is 127 cm³/mol. The number of ether oxygens (including phenoxy) is 3. The molecule has 3 rings (SSSR count). The molecule has 0 aromatic carbocycles. The molecule has 0 saturated carbocycles. The first-order valence-electron chi connectivity index (χ1n) is 10.8. The van der Waals surface area contributed by atoms with E-state index in [1.165, 1.54) is 7.11 Å². The predicted octanol–water partition coefficient (Wildman–Crippen LogP) is 4.39. The number of aryl methyl sites for hydroxylation is 1. The van der Waals surface area contributed by atoms with Gasteiger partial charge in [-0.1, -0.05) is 6.08 Å². The van der Waals surface area contributed by atoms with Crippen LogP contribution in [0.15, 0.2) is 23.3 Å². The molecule has 1 aliphatic heterocycles. The molecule has 2 aromatic rings. The summed E-state index contributed by atoms with van der Waals surface area (Å²) in [7, 11) is 1.37. The van der Waals surface area contributed by atoms with Gasteiger partial charge in [-0.2, -0.15) is 9.61 Å². The zero-order valence-corrected chi connectivity index (χ0v) is 21.4. The summed E-state index contributed by atoms with van der Waals surface area (Å²) < 4.78 is 19.8. The summed E-state index contributed by atoms with van der Waals surface area (Å²) in [6, 6.07) is 1.86. The number of hydrogen-bond donors (Lipinski definition) is 0. The molecule has 8 nitrogen and oxygen atoms in total. The molecule has 1 aliphatic rings. The van der Waals surface area contributed by atoms with Gasteiger partial charge < -0.3 is 19.1 Å². The fraction of sp³-hybridized carbons (Fsp3) is 0.609. The second-order valence-electron chi connectivity index (χ2n) is 9.34. The van der Waals surface area contributed by atoms with Gasteiger partial charge in [0.25, 0.3) is 0 Å². The third kappa shape index (κ3) is 5.32. The molecular formula is C23H33BrN4O4. The van der Waals surface area contributed by atoms with E-state index >= 15 is 0 Å². The highest BCUT2D eigenvalue weighted by atomic mass is 79.9. The topological polar surface area (TPSA) is 78.2 Å². The smallest absolute Gasteiger partial charge is 0.339 e. The maximum atomic E-state index is 12.9. The zero-order chi connectivity index (χ0) is 23.7. The van der Waals surface area contributed by atoms with E-state index in [0.717, 1.165) is 31.7 Å². The minimum atomic E-state index is -0.930. The van der Waals surface area contributed by atoms with Crippen molar-refractivity contribution in [3.05, 3.63) is 34.6 Å². The van der Waals surface area contributed by atoms with Crippen LogP contribution in [0.2, 0.25) is 0 Å². The van der Waals surface area contributed by atoms with Gasteiger partial charge in [-0.05, 0) is 63.4 Å². The highest BCUT2D eigenvalue weighted by molar-refractivity contribution is 9.10. The van der Waals surface area contributed by atoms with Crippen LogP contribution < -0.4 is 4.90 Å². The van der Waals surface area contributed by atoms with Crippen LogP contribution in [-0.4, -0.2) is 58.6 Å². The Kier molecular flexibility index (Phi) is 7.31. The number of fused-ring (bicyclic) bond motifs is 1. The number of aromatic nitrogens is 3. The van der Waals surface area contributed by atoms with Crippen molar-refractivity contribution in [2.75, 3.05) is 31.7 Å². The molecule has 2 aromatic heterocycles. The number of rotatable bonds is 7. The molecule has 0 spiro atoms. The van der Waals surface area contributed by atoms with Gasteiger partial charge in [0, 0.05) is 24.8 Å². The van der Waals surface area contributed by atoms with E-state index in [1.54, 1.807) is 10.6 Å². The lowest BCUT2D eigenvalue weighted by Crippen LogP contribution is -2.45. The van der Waals surface area contributed by atoms with Crippen LogP contribution >= 0.6 is 15.9 Å². The summed E-state index contributed by atoms with van der Waals surface area (Å²) in [6.07, 6.45) is 2.50. The summed E-state index contributed by atoms with van der Waals surface area (Å²) >= 11 is 3.46. The largest absolute Gasteiger partial charge is 0.467 e. The fourth-order valence-electron chi connectivity index (χ4n) is 3.98. The van der Waals surface area contributed by atoms with Crippen LogP contribution in [0.3, 0.4) is 0 Å². The molecule has 1 unspecified atom stereocenters.